The highest BCUT2D eigenvalue weighted by molar-refractivity contribution is 5.91. The zero-order valence-corrected chi connectivity index (χ0v) is 25.7. The second-order valence-corrected chi connectivity index (χ2v) is 12.3. The number of carbonyl (C=O) groups is 1. The normalized spacial score (nSPS) is 17.4. The number of anilines is 1. The van der Waals surface area contributed by atoms with Gasteiger partial charge in [-0.15, -0.1) is 0 Å². The summed E-state index contributed by atoms with van der Waals surface area (Å²) in [7, 11) is 0. The van der Waals surface area contributed by atoms with Crippen molar-refractivity contribution in [1.82, 2.24) is 29.9 Å². The van der Waals surface area contributed by atoms with E-state index in [1.165, 1.54) is 29.5 Å². The fraction of sp³-hybridized carbons (Fsp3) is 0.457. The second-order valence-electron chi connectivity index (χ2n) is 12.3. The van der Waals surface area contributed by atoms with Crippen molar-refractivity contribution in [3.63, 3.8) is 0 Å². The van der Waals surface area contributed by atoms with Crippen LogP contribution >= 0.6 is 0 Å². The molecule has 8 nitrogen and oxygen atoms in total. The number of aromatic nitrogens is 3. The number of carbonyl (C=O) groups excluding carboxylic acids is 1. The van der Waals surface area contributed by atoms with E-state index in [2.05, 4.69) is 70.3 Å². The number of pyridine rings is 1. The van der Waals surface area contributed by atoms with Gasteiger partial charge in [0, 0.05) is 63.5 Å². The van der Waals surface area contributed by atoms with Gasteiger partial charge in [-0.05, 0) is 80.2 Å². The van der Waals surface area contributed by atoms with Crippen LogP contribution in [0.1, 0.15) is 62.7 Å². The lowest BCUT2D eigenvalue weighted by Crippen LogP contribution is -2.38. The Balaban J connectivity index is 1.21. The number of para-hydroxylation sites is 1. The molecule has 1 N–H and O–H groups in total. The Labute approximate surface area is 255 Å². The van der Waals surface area contributed by atoms with Gasteiger partial charge in [-0.25, -0.2) is 4.68 Å². The van der Waals surface area contributed by atoms with Crippen molar-refractivity contribution in [2.75, 3.05) is 57.3 Å². The van der Waals surface area contributed by atoms with Gasteiger partial charge in [-0.3, -0.25) is 14.7 Å². The Morgan fingerprint density at radius 2 is 1.74 bits per heavy atom. The van der Waals surface area contributed by atoms with E-state index in [1.54, 1.807) is 0 Å². The maximum Gasteiger partial charge on any atom is 0.222 e. The summed E-state index contributed by atoms with van der Waals surface area (Å²) in [6, 6.07) is 21.0. The molecule has 0 saturated carbocycles. The van der Waals surface area contributed by atoms with Crippen LogP contribution in [0.15, 0.2) is 73.1 Å². The molecule has 6 rings (SSSR count). The Morgan fingerprint density at radius 3 is 2.56 bits per heavy atom. The van der Waals surface area contributed by atoms with Crippen LogP contribution in [0.25, 0.3) is 16.6 Å². The highest BCUT2D eigenvalue weighted by Crippen LogP contribution is 2.32. The molecule has 2 fully saturated rings. The van der Waals surface area contributed by atoms with Crippen LogP contribution in [0.2, 0.25) is 0 Å². The first-order valence-electron chi connectivity index (χ1n) is 16.0. The number of amides is 1. The van der Waals surface area contributed by atoms with E-state index in [9.17, 15) is 4.79 Å². The van der Waals surface area contributed by atoms with Crippen molar-refractivity contribution in [1.29, 1.82) is 0 Å². The lowest BCUT2D eigenvalue weighted by molar-refractivity contribution is -0.122. The van der Waals surface area contributed by atoms with Crippen molar-refractivity contribution in [2.24, 2.45) is 0 Å². The van der Waals surface area contributed by atoms with Crippen LogP contribution in [-0.4, -0.2) is 82.8 Å². The maximum atomic E-state index is 13.3. The molecule has 43 heavy (non-hydrogen) atoms. The molecule has 0 aliphatic carbocycles. The first-order chi connectivity index (χ1) is 21.0. The third kappa shape index (κ3) is 7.08. The number of rotatable bonds is 10. The van der Waals surface area contributed by atoms with E-state index in [4.69, 9.17) is 10.1 Å². The van der Waals surface area contributed by atoms with Gasteiger partial charge in [0.2, 0.25) is 5.91 Å². The van der Waals surface area contributed by atoms with Crippen molar-refractivity contribution in [2.45, 2.75) is 51.5 Å². The molecule has 8 heteroatoms. The molecule has 0 bridgehead atoms. The molecule has 1 unspecified atom stereocenters. The van der Waals surface area contributed by atoms with Crippen molar-refractivity contribution >= 4 is 22.5 Å². The zero-order valence-electron chi connectivity index (χ0n) is 25.7. The zero-order chi connectivity index (χ0) is 29.6. The summed E-state index contributed by atoms with van der Waals surface area (Å²) >= 11 is 0. The Morgan fingerprint density at radius 1 is 0.907 bits per heavy atom. The molecule has 0 radical (unpaired) electrons. The van der Waals surface area contributed by atoms with E-state index < -0.39 is 0 Å². The summed E-state index contributed by atoms with van der Waals surface area (Å²) < 4.78 is 1.92. The van der Waals surface area contributed by atoms with Crippen LogP contribution in [-0.2, 0) is 4.79 Å². The van der Waals surface area contributed by atoms with Crippen LogP contribution in [0.4, 0.5) is 5.69 Å². The Hall–Kier alpha value is -3.75. The summed E-state index contributed by atoms with van der Waals surface area (Å²) in [5, 5.41) is 9.40. The van der Waals surface area contributed by atoms with Gasteiger partial charge in [0.25, 0.3) is 0 Å². The quantitative estimate of drug-likeness (QED) is 0.271. The minimum atomic E-state index is -0.0893. The Kier molecular flexibility index (Phi) is 9.34. The standard InChI is InChI=1S/C35H45N7O/c1-27(2)29-24-28-10-8-14-37-35(28)33(25-29)41-19-9-18-40(22-23-41)32(26-34(43)36-15-21-39-16-6-7-17-39)31-13-20-42(38-31)30-11-4-3-5-12-30/h3-5,8,10-14,20,24-25,27,32H,6-7,9,15-19,21-23,26H2,1-2H3,(H,36,43). The highest BCUT2D eigenvalue weighted by atomic mass is 16.1. The second kappa shape index (κ2) is 13.7. The predicted molar refractivity (Wildman–Crippen MR) is 174 cm³/mol. The predicted octanol–water partition coefficient (Wildman–Crippen LogP) is 5.40. The van der Waals surface area contributed by atoms with Crippen LogP contribution in [0.3, 0.4) is 0 Å². The van der Waals surface area contributed by atoms with Gasteiger partial charge in [0.1, 0.15) is 0 Å². The average Bonchev–Trinajstić information content (AvgIpc) is 3.68. The SMILES string of the molecule is CC(C)c1cc(N2CCCN(C(CC(=O)NCCN3CCCC3)c3ccn(-c4ccccc4)n3)CC2)c2ncccc2c1. The summed E-state index contributed by atoms with van der Waals surface area (Å²) in [6.07, 6.45) is 7.85. The number of likely N-dealkylation sites (tertiary alicyclic amines) is 1. The van der Waals surface area contributed by atoms with E-state index in [0.717, 1.165) is 69.1 Å². The highest BCUT2D eigenvalue weighted by Gasteiger charge is 2.28. The summed E-state index contributed by atoms with van der Waals surface area (Å²) in [6.45, 7) is 12.0. The van der Waals surface area contributed by atoms with Crippen LogP contribution in [0, 0.1) is 0 Å². The monoisotopic (exact) mass is 579 g/mol. The molecule has 4 heterocycles. The van der Waals surface area contributed by atoms with Crippen LogP contribution in [0.5, 0.6) is 0 Å². The molecule has 0 spiro atoms. The number of hydrogen-bond acceptors (Lipinski definition) is 6. The van der Waals surface area contributed by atoms with Crippen LogP contribution < -0.4 is 10.2 Å². The molecule has 4 aromatic rings. The summed E-state index contributed by atoms with van der Waals surface area (Å²) in [5.74, 6) is 0.541. The first-order valence-corrected chi connectivity index (χ1v) is 16.0. The van der Waals surface area contributed by atoms with Gasteiger partial charge in [-0.2, -0.15) is 5.10 Å². The molecule has 2 aliphatic rings. The molecular formula is C35H45N7O. The molecule has 2 aromatic carbocycles. The third-order valence-corrected chi connectivity index (χ3v) is 8.99. The molecule has 2 aromatic heterocycles. The van der Waals surface area contributed by atoms with E-state index >= 15 is 0 Å². The minimum Gasteiger partial charge on any atom is -0.368 e. The summed E-state index contributed by atoms with van der Waals surface area (Å²) in [4.78, 5) is 25.5. The molecule has 1 amide bonds. The number of fused-ring (bicyclic) bond motifs is 1. The molecular weight excluding hydrogens is 534 g/mol. The number of benzene rings is 2. The van der Waals surface area contributed by atoms with Gasteiger partial charge in [0.15, 0.2) is 0 Å². The molecule has 1 atom stereocenters. The van der Waals surface area contributed by atoms with Gasteiger partial charge in [0.05, 0.1) is 28.6 Å². The Bertz CT molecular complexity index is 1490. The van der Waals surface area contributed by atoms with E-state index in [1.807, 2.05) is 41.3 Å². The fourth-order valence-corrected chi connectivity index (χ4v) is 6.53. The largest absolute Gasteiger partial charge is 0.368 e. The lowest BCUT2D eigenvalue weighted by atomic mass is 9.99. The average molecular weight is 580 g/mol. The third-order valence-electron chi connectivity index (χ3n) is 8.99. The van der Waals surface area contributed by atoms with Gasteiger partial charge < -0.3 is 15.1 Å². The van der Waals surface area contributed by atoms with Crippen molar-refractivity contribution < 1.29 is 4.79 Å². The molecule has 226 valence electrons. The van der Waals surface area contributed by atoms with E-state index in [-0.39, 0.29) is 11.9 Å². The smallest absolute Gasteiger partial charge is 0.222 e. The maximum absolute atomic E-state index is 13.3. The number of nitrogens with zero attached hydrogens (tertiary/aromatic N) is 6. The first kappa shape index (κ1) is 29.3. The van der Waals surface area contributed by atoms with Crippen molar-refractivity contribution in [3.8, 4) is 5.69 Å². The van der Waals surface area contributed by atoms with Crippen molar-refractivity contribution in [3.05, 3.63) is 84.3 Å². The lowest BCUT2D eigenvalue weighted by Gasteiger charge is -2.30. The van der Waals surface area contributed by atoms with Gasteiger partial charge in [-0.1, -0.05) is 38.1 Å². The fourth-order valence-electron chi connectivity index (χ4n) is 6.53. The molecule has 2 saturated heterocycles. The topological polar surface area (TPSA) is 69.5 Å². The van der Waals surface area contributed by atoms with E-state index in [0.29, 0.717) is 18.9 Å². The van der Waals surface area contributed by atoms with Gasteiger partial charge >= 0.3 is 0 Å². The minimum absolute atomic E-state index is 0.0893. The summed E-state index contributed by atoms with van der Waals surface area (Å²) in [5.41, 5.74) is 5.59. The number of hydrogen-bond donors (Lipinski definition) is 1. The molecule has 2 aliphatic heterocycles. The number of nitrogens with one attached hydrogen (secondary N) is 1.